The molecule has 1 saturated heterocycles. The van der Waals surface area contributed by atoms with Gasteiger partial charge in [0.1, 0.15) is 24.3 Å². The van der Waals surface area contributed by atoms with Crippen LogP contribution in [0.4, 0.5) is 0 Å². The summed E-state index contributed by atoms with van der Waals surface area (Å²) in [5.74, 6) is 1.61. The molecule has 0 spiro atoms. The summed E-state index contributed by atoms with van der Waals surface area (Å²) < 4.78 is 13.8. The van der Waals surface area contributed by atoms with Gasteiger partial charge in [0.05, 0.1) is 23.6 Å². The summed E-state index contributed by atoms with van der Waals surface area (Å²) in [5.41, 5.74) is 3.05. The highest BCUT2D eigenvalue weighted by Gasteiger charge is 2.26. The van der Waals surface area contributed by atoms with Crippen molar-refractivity contribution in [2.45, 2.75) is 44.9 Å². The van der Waals surface area contributed by atoms with Crippen molar-refractivity contribution < 1.29 is 14.3 Å². The maximum atomic E-state index is 12.5. The van der Waals surface area contributed by atoms with E-state index < -0.39 is 0 Å². The number of carbonyl (C=O) groups excluding carboxylic acids is 1. The van der Waals surface area contributed by atoms with Gasteiger partial charge < -0.3 is 19.4 Å². The van der Waals surface area contributed by atoms with E-state index in [0.717, 1.165) is 47.4 Å². The number of aromatic nitrogens is 2. The number of fused-ring (bicyclic) bond motifs is 1. The zero-order chi connectivity index (χ0) is 21.6. The standard InChI is InChI=1S/C25H29N3O3/c1-3-9-19-10-4-7-13-22(19)31-17-15-28-21-12-6-5-11-20(21)27-24(28)18(2)26-25(29)23-14-8-16-30-23/h3-7,10-13,18,23H,1,8-9,14-17H2,2H3,(H,26,29). The Bertz CT molecular complexity index is 1050. The smallest absolute Gasteiger partial charge is 0.249 e. The van der Waals surface area contributed by atoms with Gasteiger partial charge in [0.15, 0.2) is 0 Å². The Hall–Kier alpha value is -3.12. The second kappa shape index (κ2) is 9.79. The highest BCUT2D eigenvalue weighted by Crippen LogP contribution is 2.23. The first kappa shape index (κ1) is 21.1. The summed E-state index contributed by atoms with van der Waals surface area (Å²) in [7, 11) is 0. The van der Waals surface area contributed by atoms with Crippen LogP contribution in [-0.2, 0) is 22.5 Å². The second-order valence-electron chi connectivity index (χ2n) is 7.79. The van der Waals surface area contributed by atoms with E-state index in [4.69, 9.17) is 14.5 Å². The SMILES string of the molecule is C=CCc1ccccc1OCCn1c(C(C)NC(=O)C2CCCO2)nc2ccccc21. The molecular weight excluding hydrogens is 390 g/mol. The molecule has 1 amide bonds. The van der Waals surface area contributed by atoms with Gasteiger partial charge in [-0.1, -0.05) is 36.4 Å². The quantitative estimate of drug-likeness (QED) is 0.528. The maximum Gasteiger partial charge on any atom is 0.249 e. The molecule has 1 aromatic heterocycles. The molecule has 3 aromatic rings. The van der Waals surface area contributed by atoms with Crippen LogP contribution < -0.4 is 10.1 Å². The van der Waals surface area contributed by atoms with Gasteiger partial charge in [-0.25, -0.2) is 4.98 Å². The Labute approximate surface area is 182 Å². The third-order valence-electron chi connectivity index (χ3n) is 5.56. The molecule has 0 bridgehead atoms. The predicted octanol–water partition coefficient (Wildman–Crippen LogP) is 4.20. The topological polar surface area (TPSA) is 65.4 Å². The van der Waals surface area contributed by atoms with Crippen LogP contribution in [0.5, 0.6) is 5.75 Å². The first-order chi connectivity index (χ1) is 15.2. The van der Waals surface area contributed by atoms with Gasteiger partial charge in [-0.15, -0.1) is 6.58 Å². The number of imidazole rings is 1. The number of allylic oxidation sites excluding steroid dienone is 1. The number of nitrogens with zero attached hydrogens (tertiary/aromatic N) is 2. The lowest BCUT2D eigenvalue weighted by Crippen LogP contribution is -2.36. The summed E-state index contributed by atoms with van der Waals surface area (Å²) in [6.45, 7) is 7.55. The molecule has 1 N–H and O–H groups in total. The monoisotopic (exact) mass is 419 g/mol. The van der Waals surface area contributed by atoms with Crippen LogP contribution >= 0.6 is 0 Å². The lowest BCUT2D eigenvalue weighted by Gasteiger charge is -2.19. The number of ether oxygens (including phenoxy) is 2. The first-order valence-electron chi connectivity index (χ1n) is 10.9. The van der Waals surface area contributed by atoms with Gasteiger partial charge in [-0.2, -0.15) is 0 Å². The third-order valence-corrected chi connectivity index (χ3v) is 5.56. The minimum atomic E-state index is -0.357. The van der Waals surface area contributed by atoms with Crippen LogP contribution in [0.25, 0.3) is 11.0 Å². The van der Waals surface area contributed by atoms with E-state index >= 15 is 0 Å². The second-order valence-corrected chi connectivity index (χ2v) is 7.79. The van der Waals surface area contributed by atoms with Crippen LogP contribution in [0.2, 0.25) is 0 Å². The summed E-state index contributed by atoms with van der Waals surface area (Å²) in [6.07, 6.45) is 3.98. The average Bonchev–Trinajstić information content (AvgIpc) is 3.44. The van der Waals surface area contributed by atoms with Crippen molar-refractivity contribution in [2.75, 3.05) is 13.2 Å². The van der Waals surface area contributed by atoms with E-state index in [1.165, 1.54) is 0 Å². The number of nitrogens with one attached hydrogen (secondary N) is 1. The van der Waals surface area contributed by atoms with E-state index in [1.807, 2.05) is 55.5 Å². The highest BCUT2D eigenvalue weighted by atomic mass is 16.5. The van der Waals surface area contributed by atoms with E-state index in [2.05, 4.69) is 22.5 Å². The Kier molecular flexibility index (Phi) is 6.67. The summed E-state index contributed by atoms with van der Waals surface area (Å²) >= 11 is 0. The van der Waals surface area contributed by atoms with Crippen molar-refractivity contribution in [3.05, 3.63) is 72.6 Å². The largest absolute Gasteiger partial charge is 0.491 e. The van der Waals surface area contributed by atoms with Crippen LogP contribution in [0.1, 0.15) is 37.2 Å². The number of para-hydroxylation sites is 3. The number of carbonyl (C=O) groups is 1. The van der Waals surface area contributed by atoms with Crippen LogP contribution in [0.3, 0.4) is 0 Å². The van der Waals surface area contributed by atoms with Gasteiger partial charge >= 0.3 is 0 Å². The zero-order valence-corrected chi connectivity index (χ0v) is 17.9. The molecule has 1 aliphatic rings. The Morgan fingerprint density at radius 2 is 2.13 bits per heavy atom. The zero-order valence-electron chi connectivity index (χ0n) is 17.9. The molecule has 1 fully saturated rings. The van der Waals surface area contributed by atoms with Crippen molar-refractivity contribution in [2.24, 2.45) is 0 Å². The van der Waals surface area contributed by atoms with Crippen molar-refractivity contribution in [1.82, 2.24) is 14.9 Å². The molecule has 0 radical (unpaired) electrons. The van der Waals surface area contributed by atoms with Crippen LogP contribution in [0, 0.1) is 0 Å². The Morgan fingerprint density at radius 3 is 2.94 bits per heavy atom. The molecular formula is C25H29N3O3. The summed E-state index contributed by atoms with van der Waals surface area (Å²) in [6, 6.07) is 15.8. The number of amides is 1. The van der Waals surface area contributed by atoms with Crippen molar-refractivity contribution in [1.29, 1.82) is 0 Å². The van der Waals surface area contributed by atoms with Gasteiger partial charge in [-0.3, -0.25) is 4.79 Å². The maximum absolute atomic E-state index is 12.5. The van der Waals surface area contributed by atoms with Crippen LogP contribution in [0.15, 0.2) is 61.2 Å². The fraction of sp³-hybridized carbons (Fsp3) is 0.360. The first-order valence-corrected chi connectivity index (χ1v) is 10.9. The molecule has 0 saturated carbocycles. The molecule has 6 nitrogen and oxygen atoms in total. The van der Waals surface area contributed by atoms with E-state index in [9.17, 15) is 4.79 Å². The fourth-order valence-electron chi connectivity index (χ4n) is 4.03. The normalized spacial score (nSPS) is 16.9. The Morgan fingerprint density at radius 1 is 1.32 bits per heavy atom. The molecule has 1 aliphatic heterocycles. The molecule has 2 heterocycles. The molecule has 2 aromatic carbocycles. The molecule has 2 atom stereocenters. The molecule has 0 aliphatic carbocycles. The number of hydrogen-bond acceptors (Lipinski definition) is 4. The molecule has 2 unspecified atom stereocenters. The van der Waals surface area contributed by atoms with Gasteiger partial charge in [0.25, 0.3) is 0 Å². The van der Waals surface area contributed by atoms with Crippen molar-refractivity contribution >= 4 is 16.9 Å². The minimum Gasteiger partial charge on any atom is -0.491 e. The van der Waals surface area contributed by atoms with Gasteiger partial charge in [-0.05, 0) is 49.9 Å². The third kappa shape index (κ3) is 4.80. The van der Waals surface area contributed by atoms with Gasteiger partial charge in [0, 0.05) is 6.61 Å². The predicted molar refractivity (Wildman–Crippen MR) is 121 cm³/mol. The van der Waals surface area contributed by atoms with Gasteiger partial charge in [0.2, 0.25) is 5.91 Å². The lowest BCUT2D eigenvalue weighted by atomic mass is 10.1. The number of benzene rings is 2. The summed E-state index contributed by atoms with van der Waals surface area (Å²) in [4.78, 5) is 17.4. The number of rotatable bonds is 9. The van der Waals surface area contributed by atoms with E-state index in [1.54, 1.807) is 0 Å². The molecule has 6 heteroatoms. The average molecular weight is 420 g/mol. The number of hydrogen-bond donors (Lipinski definition) is 1. The van der Waals surface area contributed by atoms with E-state index in [-0.39, 0.29) is 18.1 Å². The van der Waals surface area contributed by atoms with Crippen molar-refractivity contribution in [3.8, 4) is 5.75 Å². The molecule has 4 rings (SSSR count). The van der Waals surface area contributed by atoms with Crippen molar-refractivity contribution in [3.63, 3.8) is 0 Å². The lowest BCUT2D eigenvalue weighted by molar-refractivity contribution is -0.130. The van der Waals surface area contributed by atoms with E-state index in [0.29, 0.717) is 19.8 Å². The fourth-order valence-corrected chi connectivity index (χ4v) is 4.03. The summed E-state index contributed by atoms with van der Waals surface area (Å²) in [5, 5.41) is 3.07. The van der Waals surface area contributed by atoms with Crippen LogP contribution in [-0.4, -0.2) is 34.8 Å². The Balaban J connectivity index is 1.51. The molecule has 162 valence electrons. The highest BCUT2D eigenvalue weighted by molar-refractivity contribution is 5.81. The molecule has 31 heavy (non-hydrogen) atoms. The minimum absolute atomic E-state index is 0.0711.